The molecule has 0 saturated carbocycles. The molecule has 1 unspecified atom stereocenters. The van der Waals surface area contributed by atoms with Crippen LogP contribution in [0.2, 0.25) is 0 Å². The van der Waals surface area contributed by atoms with Gasteiger partial charge in [0.1, 0.15) is 0 Å². The van der Waals surface area contributed by atoms with Gasteiger partial charge in [-0.15, -0.1) is 11.3 Å². The van der Waals surface area contributed by atoms with Crippen LogP contribution < -0.4 is 16.6 Å². The third kappa shape index (κ3) is 4.46. The lowest BCUT2D eigenvalue weighted by Crippen LogP contribution is -2.48. The molecule has 8 heteroatoms. The molecule has 25 heavy (non-hydrogen) atoms. The Hall–Kier alpha value is -2.19. The average Bonchev–Trinajstić information content (AvgIpc) is 3.09. The molecule has 1 fully saturated rings. The first-order chi connectivity index (χ1) is 12.0. The van der Waals surface area contributed by atoms with Crippen LogP contribution in [-0.2, 0) is 24.8 Å². The highest BCUT2D eigenvalue weighted by Crippen LogP contribution is 2.16. The van der Waals surface area contributed by atoms with Crippen LogP contribution in [0.4, 0.5) is 0 Å². The molecule has 0 radical (unpaired) electrons. The summed E-state index contributed by atoms with van der Waals surface area (Å²) in [5, 5.41) is 5.09. The molecule has 1 saturated heterocycles. The van der Waals surface area contributed by atoms with Crippen LogP contribution in [0, 0.1) is 0 Å². The minimum Gasteiger partial charge on any atom is -0.352 e. The quantitative estimate of drug-likeness (QED) is 0.809. The first kappa shape index (κ1) is 17.6. The highest BCUT2D eigenvalue weighted by atomic mass is 32.1. The van der Waals surface area contributed by atoms with E-state index in [1.54, 1.807) is 11.3 Å². The van der Waals surface area contributed by atoms with E-state index in [2.05, 4.69) is 26.6 Å². The molecule has 0 bridgehead atoms. The number of hydrogen-bond acceptors (Lipinski definition) is 5. The average molecular weight is 362 g/mol. The Bertz CT molecular complexity index is 840. The lowest BCUT2D eigenvalue weighted by Gasteiger charge is -2.32. The predicted octanol–water partition coefficient (Wildman–Crippen LogP) is 0.458. The number of nitrogens with one attached hydrogen (secondary N) is 2. The topological polar surface area (TPSA) is 87.2 Å². The molecule has 7 nitrogen and oxygen atoms in total. The first-order valence-corrected chi connectivity index (χ1v) is 9.22. The summed E-state index contributed by atoms with van der Waals surface area (Å²) in [6, 6.07) is 4.26. The van der Waals surface area contributed by atoms with Crippen molar-refractivity contribution in [3.63, 3.8) is 0 Å². The van der Waals surface area contributed by atoms with Gasteiger partial charge < -0.3 is 10.3 Å². The number of hydrogen-bond donors (Lipinski definition) is 2. The van der Waals surface area contributed by atoms with Crippen molar-refractivity contribution in [2.45, 2.75) is 31.8 Å². The number of piperidine rings is 1. The molecule has 2 N–H and O–H groups in total. The molecular formula is C17H22N4O3S. The maximum atomic E-state index is 12.3. The van der Waals surface area contributed by atoms with E-state index in [0.717, 1.165) is 37.0 Å². The number of carbonyl (C=O) groups is 1. The van der Waals surface area contributed by atoms with Crippen molar-refractivity contribution in [1.82, 2.24) is 19.8 Å². The SMILES string of the molecule is Cn1c(=O)[nH]cc(CC(=O)NC2CCCN(Cc3cccs3)C2)c1=O. The summed E-state index contributed by atoms with van der Waals surface area (Å²) < 4.78 is 0.978. The van der Waals surface area contributed by atoms with Crippen LogP contribution in [0.1, 0.15) is 23.3 Å². The van der Waals surface area contributed by atoms with Gasteiger partial charge in [-0.25, -0.2) is 4.79 Å². The number of carbonyl (C=O) groups excluding carboxylic acids is 1. The monoisotopic (exact) mass is 362 g/mol. The first-order valence-electron chi connectivity index (χ1n) is 8.34. The van der Waals surface area contributed by atoms with Crippen LogP contribution >= 0.6 is 11.3 Å². The van der Waals surface area contributed by atoms with Crippen molar-refractivity contribution in [2.75, 3.05) is 13.1 Å². The van der Waals surface area contributed by atoms with E-state index in [4.69, 9.17) is 0 Å². The Kier molecular flexibility index (Phi) is 5.50. The Labute approximate surface area is 149 Å². The van der Waals surface area contributed by atoms with Crippen molar-refractivity contribution >= 4 is 17.2 Å². The van der Waals surface area contributed by atoms with Gasteiger partial charge in [-0.3, -0.25) is 19.1 Å². The number of aromatic amines is 1. The van der Waals surface area contributed by atoms with Crippen molar-refractivity contribution in [3.8, 4) is 0 Å². The van der Waals surface area contributed by atoms with E-state index in [1.165, 1.54) is 18.1 Å². The fourth-order valence-corrected chi connectivity index (χ4v) is 3.88. The number of rotatable bonds is 5. The van der Waals surface area contributed by atoms with Crippen LogP contribution in [0.3, 0.4) is 0 Å². The Morgan fingerprint density at radius 2 is 2.28 bits per heavy atom. The fraction of sp³-hybridized carbons (Fsp3) is 0.471. The highest BCUT2D eigenvalue weighted by molar-refractivity contribution is 7.09. The molecule has 3 heterocycles. The van der Waals surface area contributed by atoms with E-state index in [1.807, 2.05) is 6.07 Å². The van der Waals surface area contributed by atoms with E-state index >= 15 is 0 Å². The molecule has 1 aliphatic rings. The molecule has 0 spiro atoms. The summed E-state index contributed by atoms with van der Waals surface area (Å²) >= 11 is 1.74. The summed E-state index contributed by atoms with van der Waals surface area (Å²) in [6.45, 7) is 2.75. The van der Waals surface area contributed by atoms with Crippen molar-refractivity contribution < 1.29 is 4.79 Å². The Balaban J connectivity index is 1.56. The molecule has 0 aliphatic carbocycles. The van der Waals surface area contributed by atoms with E-state index in [0.29, 0.717) is 5.56 Å². The normalized spacial score (nSPS) is 18.2. The zero-order valence-corrected chi connectivity index (χ0v) is 15.0. The molecular weight excluding hydrogens is 340 g/mol. The smallest absolute Gasteiger partial charge is 0.328 e. The largest absolute Gasteiger partial charge is 0.352 e. The van der Waals surface area contributed by atoms with E-state index in [-0.39, 0.29) is 18.4 Å². The van der Waals surface area contributed by atoms with Crippen LogP contribution in [0.15, 0.2) is 33.3 Å². The number of nitrogens with zero attached hydrogens (tertiary/aromatic N) is 2. The van der Waals surface area contributed by atoms with Gasteiger partial charge in [0, 0.05) is 42.8 Å². The summed E-state index contributed by atoms with van der Waals surface area (Å²) in [6.07, 6.45) is 3.28. The third-order valence-electron chi connectivity index (χ3n) is 4.44. The van der Waals surface area contributed by atoms with Gasteiger partial charge in [-0.1, -0.05) is 6.07 Å². The second-order valence-electron chi connectivity index (χ2n) is 6.38. The van der Waals surface area contributed by atoms with Crippen LogP contribution in [0.5, 0.6) is 0 Å². The van der Waals surface area contributed by atoms with Crippen LogP contribution in [0.25, 0.3) is 0 Å². The minimum absolute atomic E-state index is 0.0229. The Morgan fingerprint density at radius 1 is 1.44 bits per heavy atom. The minimum atomic E-state index is -0.481. The number of likely N-dealkylation sites (tertiary alicyclic amines) is 1. The molecule has 2 aromatic rings. The van der Waals surface area contributed by atoms with Gasteiger partial charge in [-0.05, 0) is 30.8 Å². The summed E-state index contributed by atoms with van der Waals surface area (Å²) in [7, 11) is 1.39. The second-order valence-corrected chi connectivity index (χ2v) is 7.41. The van der Waals surface area contributed by atoms with Crippen molar-refractivity contribution in [2.24, 2.45) is 7.05 Å². The number of H-pyrrole nitrogens is 1. The lowest BCUT2D eigenvalue weighted by molar-refractivity contribution is -0.121. The zero-order chi connectivity index (χ0) is 17.8. The molecule has 2 aromatic heterocycles. The maximum absolute atomic E-state index is 12.3. The van der Waals surface area contributed by atoms with Gasteiger partial charge >= 0.3 is 5.69 Å². The summed E-state index contributed by atoms with van der Waals surface area (Å²) in [5.41, 5.74) is -0.613. The number of amides is 1. The molecule has 0 aromatic carbocycles. The molecule has 134 valence electrons. The predicted molar refractivity (Wildman–Crippen MR) is 96.8 cm³/mol. The molecule has 1 amide bonds. The van der Waals surface area contributed by atoms with Crippen LogP contribution in [-0.4, -0.2) is 39.5 Å². The second kappa shape index (κ2) is 7.79. The van der Waals surface area contributed by atoms with Gasteiger partial charge in [0.25, 0.3) is 5.56 Å². The van der Waals surface area contributed by atoms with Gasteiger partial charge in [0.05, 0.1) is 6.42 Å². The summed E-state index contributed by atoms with van der Waals surface area (Å²) in [4.78, 5) is 41.8. The highest BCUT2D eigenvalue weighted by Gasteiger charge is 2.22. The van der Waals surface area contributed by atoms with E-state index < -0.39 is 11.2 Å². The Morgan fingerprint density at radius 3 is 3.04 bits per heavy atom. The third-order valence-corrected chi connectivity index (χ3v) is 5.30. The number of thiophene rings is 1. The van der Waals surface area contributed by atoms with Gasteiger partial charge in [-0.2, -0.15) is 0 Å². The fourth-order valence-electron chi connectivity index (χ4n) is 3.13. The zero-order valence-electron chi connectivity index (χ0n) is 14.2. The molecule has 3 rings (SSSR count). The van der Waals surface area contributed by atoms with Gasteiger partial charge in [0.15, 0.2) is 0 Å². The van der Waals surface area contributed by atoms with E-state index in [9.17, 15) is 14.4 Å². The van der Waals surface area contributed by atoms with Crippen molar-refractivity contribution in [1.29, 1.82) is 0 Å². The lowest BCUT2D eigenvalue weighted by atomic mass is 10.1. The number of aromatic nitrogens is 2. The van der Waals surface area contributed by atoms with Gasteiger partial charge in [0.2, 0.25) is 5.91 Å². The standard InChI is InChI=1S/C17H22N4O3S/c1-20-16(23)12(9-18-17(20)24)8-15(22)19-13-4-2-6-21(10-13)11-14-5-3-7-25-14/h3,5,7,9,13H,2,4,6,8,10-11H2,1H3,(H,18,24)(H,19,22). The van der Waals surface area contributed by atoms with Crippen molar-refractivity contribution in [3.05, 3.63) is 55.0 Å². The maximum Gasteiger partial charge on any atom is 0.328 e. The summed E-state index contributed by atoms with van der Waals surface area (Å²) in [5.74, 6) is -0.188. The molecule has 1 atom stereocenters. The molecule has 1 aliphatic heterocycles.